The van der Waals surface area contributed by atoms with Gasteiger partial charge in [0.05, 0.1) is 10.6 Å². The molecule has 2 N–H and O–H groups in total. The number of amides is 1. The van der Waals surface area contributed by atoms with Crippen LogP contribution in [0, 0.1) is 0 Å². The molecular weight excluding hydrogens is 358 g/mol. The Bertz CT molecular complexity index is 676. The van der Waals surface area contributed by atoms with Gasteiger partial charge in [0.25, 0.3) is 5.91 Å². The van der Waals surface area contributed by atoms with Crippen LogP contribution in [0.4, 0.5) is 0 Å². The van der Waals surface area contributed by atoms with Gasteiger partial charge >= 0.3 is 5.97 Å². The molecule has 0 spiro atoms. The Morgan fingerprint density at radius 3 is 2.38 bits per heavy atom. The van der Waals surface area contributed by atoms with Gasteiger partial charge in [-0.15, -0.1) is 0 Å². The van der Waals surface area contributed by atoms with Crippen LogP contribution < -0.4 is 5.32 Å². The van der Waals surface area contributed by atoms with Crippen LogP contribution in [0.2, 0.25) is 5.02 Å². The van der Waals surface area contributed by atoms with Gasteiger partial charge in [0.2, 0.25) is 0 Å². The SMILES string of the molecule is O=C(NC(C(=O)O)c1ccccc1)c1ccc(Br)cc1Cl. The maximum atomic E-state index is 12.2. The third-order valence-corrected chi connectivity index (χ3v) is 3.64. The van der Waals surface area contributed by atoms with Gasteiger partial charge in [-0.25, -0.2) is 4.79 Å². The van der Waals surface area contributed by atoms with Crippen molar-refractivity contribution in [3.63, 3.8) is 0 Å². The highest BCUT2D eigenvalue weighted by molar-refractivity contribution is 9.10. The summed E-state index contributed by atoms with van der Waals surface area (Å²) in [5.41, 5.74) is 0.716. The van der Waals surface area contributed by atoms with E-state index in [9.17, 15) is 14.7 Å². The number of rotatable bonds is 4. The van der Waals surface area contributed by atoms with Crippen molar-refractivity contribution in [2.75, 3.05) is 0 Å². The second-order valence-corrected chi connectivity index (χ2v) is 5.60. The molecule has 0 bridgehead atoms. The van der Waals surface area contributed by atoms with E-state index in [-0.39, 0.29) is 10.6 Å². The molecule has 6 heteroatoms. The molecule has 0 aliphatic rings. The molecule has 108 valence electrons. The van der Waals surface area contributed by atoms with Crippen molar-refractivity contribution in [1.82, 2.24) is 5.32 Å². The van der Waals surface area contributed by atoms with Gasteiger partial charge in [-0.1, -0.05) is 57.9 Å². The fourth-order valence-corrected chi connectivity index (χ4v) is 2.57. The summed E-state index contributed by atoms with van der Waals surface area (Å²) in [5.74, 6) is -1.67. The monoisotopic (exact) mass is 367 g/mol. The minimum atomic E-state index is -1.14. The average molecular weight is 369 g/mol. The van der Waals surface area contributed by atoms with Crippen LogP contribution in [0.1, 0.15) is 22.0 Å². The predicted molar refractivity (Wildman–Crippen MR) is 83.4 cm³/mol. The number of carbonyl (C=O) groups is 2. The maximum absolute atomic E-state index is 12.2. The van der Waals surface area contributed by atoms with Gasteiger partial charge in [-0.3, -0.25) is 4.79 Å². The van der Waals surface area contributed by atoms with Gasteiger partial charge in [-0.2, -0.15) is 0 Å². The average Bonchev–Trinajstić information content (AvgIpc) is 2.45. The molecule has 4 nitrogen and oxygen atoms in total. The lowest BCUT2D eigenvalue weighted by Gasteiger charge is -2.15. The van der Waals surface area contributed by atoms with E-state index in [4.69, 9.17) is 11.6 Å². The molecule has 0 heterocycles. The van der Waals surface area contributed by atoms with Crippen LogP contribution >= 0.6 is 27.5 Å². The summed E-state index contributed by atoms with van der Waals surface area (Å²) in [6.45, 7) is 0. The van der Waals surface area contributed by atoms with E-state index in [2.05, 4.69) is 21.2 Å². The lowest BCUT2D eigenvalue weighted by molar-refractivity contribution is -0.139. The lowest BCUT2D eigenvalue weighted by atomic mass is 10.1. The zero-order valence-corrected chi connectivity index (χ0v) is 13.1. The van der Waals surface area contributed by atoms with Gasteiger partial charge in [0.1, 0.15) is 0 Å². The van der Waals surface area contributed by atoms with E-state index in [0.717, 1.165) is 4.47 Å². The summed E-state index contributed by atoms with van der Waals surface area (Å²) in [7, 11) is 0. The zero-order valence-electron chi connectivity index (χ0n) is 10.7. The van der Waals surface area contributed by atoms with Crippen molar-refractivity contribution >= 4 is 39.4 Å². The van der Waals surface area contributed by atoms with E-state index in [0.29, 0.717) is 5.56 Å². The first kappa shape index (κ1) is 15.5. The van der Waals surface area contributed by atoms with Crippen molar-refractivity contribution in [2.45, 2.75) is 6.04 Å². The molecule has 0 aromatic heterocycles. The van der Waals surface area contributed by atoms with E-state index < -0.39 is 17.9 Å². The quantitative estimate of drug-likeness (QED) is 0.865. The summed E-state index contributed by atoms with van der Waals surface area (Å²) >= 11 is 9.24. The Hall–Kier alpha value is -1.85. The molecule has 0 aliphatic carbocycles. The predicted octanol–water partition coefficient (Wildman–Crippen LogP) is 3.66. The molecular formula is C15H11BrClNO3. The minimum Gasteiger partial charge on any atom is -0.479 e. The van der Waals surface area contributed by atoms with Crippen molar-refractivity contribution in [2.24, 2.45) is 0 Å². The number of hydrogen-bond acceptors (Lipinski definition) is 2. The first-order chi connectivity index (χ1) is 9.99. The van der Waals surface area contributed by atoms with E-state index in [1.165, 1.54) is 6.07 Å². The minimum absolute atomic E-state index is 0.224. The van der Waals surface area contributed by atoms with E-state index in [1.54, 1.807) is 42.5 Å². The molecule has 0 saturated carbocycles. The van der Waals surface area contributed by atoms with Crippen molar-refractivity contribution in [3.8, 4) is 0 Å². The first-order valence-electron chi connectivity index (χ1n) is 6.02. The normalized spacial score (nSPS) is 11.7. The number of aliphatic carboxylic acids is 1. The second-order valence-electron chi connectivity index (χ2n) is 4.28. The fraction of sp³-hybridized carbons (Fsp3) is 0.0667. The number of nitrogens with one attached hydrogen (secondary N) is 1. The number of carboxylic acid groups (broad SMARTS) is 1. The smallest absolute Gasteiger partial charge is 0.330 e. The zero-order chi connectivity index (χ0) is 15.4. The lowest BCUT2D eigenvalue weighted by Crippen LogP contribution is -2.33. The van der Waals surface area contributed by atoms with Crippen LogP contribution in [0.25, 0.3) is 0 Å². The van der Waals surface area contributed by atoms with Gasteiger partial charge in [0, 0.05) is 4.47 Å². The maximum Gasteiger partial charge on any atom is 0.330 e. The molecule has 1 amide bonds. The highest BCUT2D eigenvalue weighted by atomic mass is 79.9. The fourth-order valence-electron chi connectivity index (χ4n) is 1.82. The number of carbonyl (C=O) groups excluding carboxylic acids is 1. The largest absolute Gasteiger partial charge is 0.479 e. The van der Waals surface area contributed by atoms with Crippen LogP contribution in [0.15, 0.2) is 53.0 Å². The Balaban J connectivity index is 2.25. The molecule has 0 fully saturated rings. The summed E-state index contributed by atoms with van der Waals surface area (Å²) in [6, 6.07) is 12.1. The summed E-state index contributed by atoms with van der Waals surface area (Å²) in [4.78, 5) is 23.5. The van der Waals surface area contributed by atoms with Gasteiger partial charge < -0.3 is 10.4 Å². The Labute approximate surface area is 134 Å². The number of carboxylic acids is 1. The van der Waals surface area contributed by atoms with Crippen LogP contribution in [-0.2, 0) is 4.79 Å². The van der Waals surface area contributed by atoms with Crippen molar-refractivity contribution in [1.29, 1.82) is 0 Å². The highest BCUT2D eigenvalue weighted by Gasteiger charge is 2.23. The molecule has 0 aliphatic heterocycles. The van der Waals surface area contributed by atoms with Crippen molar-refractivity contribution in [3.05, 3.63) is 69.2 Å². The Kier molecular flexibility index (Phi) is 4.98. The van der Waals surface area contributed by atoms with E-state index >= 15 is 0 Å². The number of benzene rings is 2. The second kappa shape index (κ2) is 6.74. The highest BCUT2D eigenvalue weighted by Crippen LogP contribution is 2.22. The molecule has 1 unspecified atom stereocenters. The topological polar surface area (TPSA) is 66.4 Å². The molecule has 21 heavy (non-hydrogen) atoms. The Morgan fingerprint density at radius 1 is 1.14 bits per heavy atom. The van der Waals surface area contributed by atoms with E-state index in [1.807, 2.05) is 0 Å². The standard InChI is InChI=1S/C15H11BrClNO3/c16-10-6-7-11(12(17)8-10)14(19)18-13(15(20)21)9-4-2-1-3-5-9/h1-8,13H,(H,18,19)(H,20,21). The third kappa shape index (κ3) is 3.83. The molecule has 2 aromatic rings. The molecule has 2 rings (SSSR count). The number of hydrogen-bond donors (Lipinski definition) is 2. The van der Waals surface area contributed by atoms with Crippen LogP contribution in [0.3, 0.4) is 0 Å². The Morgan fingerprint density at radius 2 is 1.81 bits per heavy atom. The van der Waals surface area contributed by atoms with Crippen LogP contribution in [-0.4, -0.2) is 17.0 Å². The molecule has 1 atom stereocenters. The number of halogens is 2. The first-order valence-corrected chi connectivity index (χ1v) is 7.20. The molecule has 0 saturated heterocycles. The summed E-state index contributed by atoms with van der Waals surface area (Å²) in [6.07, 6.45) is 0. The molecule has 2 aromatic carbocycles. The van der Waals surface area contributed by atoms with Crippen molar-refractivity contribution < 1.29 is 14.7 Å². The third-order valence-electron chi connectivity index (χ3n) is 2.83. The van der Waals surface area contributed by atoms with Gasteiger partial charge in [-0.05, 0) is 23.8 Å². The van der Waals surface area contributed by atoms with Crippen LogP contribution in [0.5, 0.6) is 0 Å². The summed E-state index contributed by atoms with van der Waals surface area (Å²) in [5, 5.41) is 12.0. The molecule has 0 radical (unpaired) electrons. The summed E-state index contributed by atoms with van der Waals surface area (Å²) < 4.78 is 0.738. The van der Waals surface area contributed by atoms with Gasteiger partial charge in [0.15, 0.2) is 6.04 Å².